The molecule has 2 heterocycles. The summed E-state index contributed by atoms with van der Waals surface area (Å²) in [6.45, 7) is 0. The van der Waals surface area contributed by atoms with Crippen molar-refractivity contribution >= 4 is 22.7 Å². The first-order valence-electron chi connectivity index (χ1n) is 5.47. The molecule has 0 bridgehead atoms. The van der Waals surface area contributed by atoms with Gasteiger partial charge < -0.3 is 10.1 Å². The smallest absolute Gasteiger partial charge is 0.359 e. The van der Waals surface area contributed by atoms with E-state index in [-0.39, 0.29) is 5.69 Å². The largest absolute Gasteiger partial charge is 0.464 e. The highest BCUT2D eigenvalue weighted by Crippen LogP contribution is 2.29. The summed E-state index contributed by atoms with van der Waals surface area (Å²) < 4.78 is 4.70. The average molecular weight is 232 g/mol. The van der Waals surface area contributed by atoms with Gasteiger partial charge in [0.05, 0.1) is 18.0 Å². The van der Waals surface area contributed by atoms with Gasteiger partial charge in [-0.05, 0) is 18.9 Å². The Morgan fingerprint density at radius 3 is 3.12 bits per heavy atom. The third-order valence-corrected chi connectivity index (χ3v) is 2.77. The first-order valence-corrected chi connectivity index (χ1v) is 5.47. The van der Waals surface area contributed by atoms with Crippen molar-refractivity contribution in [3.63, 3.8) is 0 Å². The van der Waals surface area contributed by atoms with E-state index in [0.29, 0.717) is 17.2 Å². The molecule has 88 valence electrons. The highest BCUT2D eigenvalue weighted by Gasteiger charge is 2.25. The Labute approximate surface area is 97.4 Å². The van der Waals surface area contributed by atoms with Crippen LogP contribution in [0.5, 0.6) is 0 Å². The van der Waals surface area contributed by atoms with Crippen LogP contribution in [0.1, 0.15) is 23.3 Å². The van der Waals surface area contributed by atoms with Crippen molar-refractivity contribution in [2.45, 2.75) is 18.9 Å². The number of hydrogen-bond donors (Lipinski definition) is 2. The van der Waals surface area contributed by atoms with E-state index in [4.69, 9.17) is 4.74 Å². The van der Waals surface area contributed by atoms with E-state index >= 15 is 0 Å². The van der Waals surface area contributed by atoms with Crippen LogP contribution in [0.25, 0.3) is 10.9 Å². The van der Waals surface area contributed by atoms with Crippen molar-refractivity contribution < 1.29 is 9.53 Å². The number of methoxy groups -OCH3 is 1. The standard InChI is InChI=1S/C11H12N4O2/c1-17-11(16)9-8-7(14-15-9)4-5-12-10(8)13-6-2-3-6/h4-6H,2-3H2,1H3,(H,12,13)(H,14,15). The zero-order chi connectivity index (χ0) is 11.8. The lowest BCUT2D eigenvalue weighted by Gasteiger charge is -2.05. The number of hydrogen-bond acceptors (Lipinski definition) is 5. The third kappa shape index (κ3) is 1.71. The van der Waals surface area contributed by atoms with Crippen LogP contribution in [-0.4, -0.2) is 34.3 Å². The van der Waals surface area contributed by atoms with Gasteiger partial charge in [-0.1, -0.05) is 0 Å². The second kappa shape index (κ2) is 3.73. The van der Waals surface area contributed by atoms with Crippen molar-refractivity contribution in [2.24, 2.45) is 0 Å². The lowest BCUT2D eigenvalue weighted by molar-refractivity contribution is 0.0596. The SMILES string of the molecule is COC(=O)c1n[nH]c2ccnc(NC3CC3)c12. The number of pyridine rings is 1. The molecular weight excluding hydrogens is 220 g/mol. The molecule has 2 aromatic rings. The highest BCUT2D eigenvalue weighted by molar-refractivity contribution is 6.06. The van der Waals surface area contributed by atoms with Crippen LogP contribution < -0.4 is 5.32 Å². The van der Waals surface area contributed by atoms with Gasteiger partial charge in [-0.25, -0.2) is 9.78 Å². The van der Waals surface area contributed by atoms with E-state index in [1.165, 1.54) is 7.11 Å². The fourth-order valence-electron chi connectivity index (χ4n) is 1.74. The number of nitrogens with zero attached hydrogens (tertiary/aromatic N) is 2. The molecule has 17 heavy (non-hydrogen) atoms. The number of carbonyl (C=O) groups is 1. The zero-order valence-electron chi connectivity index (χ0n) is 9.36. The Bertz CT molecular complexity index is 574. The highest BCUT2D eigenvalue weighted by atomic mass is 16.5. The maximum absolute atomic E-state index is 11.6. The molecule has 0 spiro atoms. The van der Waals surface area contributed by atoms with Gasteiger partial charge in [0, 0.05) is 12.2 Å². The number of aromatic amines is 1. The molecule has 0 aromatic carbocycles. The first kappa shape index (κ1) is 10.1. The number of aromatic nitrogens is 3. The van der Waals surface area contributed by atoms with Crippen LogP contribution in [0.15, 0.2) is 12.3 Å². The number of nitrogens with one attached hydrogen (secondary N) is 2. The van der Waals surface area contributed by atoms with Crippen LogP contribution in [0.3, 0.4) is 0 Å². The first-order chi connectivity index (χ1) is 8.29. The average Bonchev–Trinajstić information content (AvgIpc) is 3.05. The van der Waals surface area contributed by atoms with Gasteiger partial charge in [0.2, 0.25) is 0 Å². The molecule has 0 atom stereocenters. The van der Waals surface area contributed by atoms with Crippen molar-refractivity contribution in [1.29, 1.82) is 0 Å². The van der Waals surface area contributed by atoms with Crippen molar-refractivity contribution in [2.75, 3.05) is 12.4 Å². The van der Waals surface area contributed by atoms with Gasteiger partial charge in [-0.3, -0.25) is 5.10 Å². The van der Waals surface area contributed by atoms with E-state index in [1.807, 2.05) is 0 Å². The number of H-pyrrole nitrogens is 1. The summed E-state index contributed by atoms with van der Waals surface area (Å²) in [4.78, 5) is 15.8. The molecule has 2 aromatic heterocycles. The number of carbonyl (C=O) groups excluding carboxylic acids is 1. The van der Waals surface area contributed by atoms with Gasteiger partial charge in [-0.15, -0.1) is 0 Å². The summed E-state index contributed by atoms with van der Waals surface area (Å²) in [6, 6.07) is 2.25. The second-order valence-electron chi connectivity index (χ2n) is 4.06. The van der Waals surface area contributed by atoms with Gasteiger partial charge in [0.25, 0.3) is 0 Å². The summed E-state index contributed by atoms with van der Waals surface area (Å²) in [5.41, 5.74) is 1.06. The summed E-state index contributed by atoms with van der Waals surface area (Å²) in [5, 5.41) is 10.8. The minimum absolute atomic E-state index is 0.277. The van der Waals surface area contributed by atoms with Crippen molar-refractivity contribution in [1.82, 2.24) is 15.2 Å². The number of ether oxygens (including phenoxy) is 1. The molecule has 3 rings (SSSR count). The van der Waals surface area contributed by atoms with E-state index in [2.05, 4.69) is 20.5 Å². The van der Waals surface area contributed by atoms with E-state index in [1.54, 1.807) is 12.3 Å². The van der Waals surface area contributed by atoms with Crippen molar-refractivity contribution in [3.05, 3.63) is 18.0 Å². The minimum atomic E-state index is -0.455. The monoisotopic (exact) mass is 232 g/mol. The quantitative estimate of drug-likeness (QED) is 0.780. The summed E-state index contributed by atoms with van der Waals surface area (Å²) in [7, 11) is 1.34. The molecule has 1 aliphatic carbocycles. The van der Waals surface area contributed by atoms with Crippen LogP contribution in [0, 0.1) is 0 Å². The molecule has 0 amide bonds. The molecule has 1 fully saturated rings. The van der Waals surface area contributed by atoms with Crippen LogP contribution in [0.4, 0.5) is 5.82 Å². The Hall–Kier alpha value is -2.11. The normalized spacial score (nSPS) is 14.9. The third-order valence-electron chi connectivity index (χ3n) is 2.77. The Morgan fingerprint density at radius 2 is 2.41 bits per heavy atom. The molecule has 6 nitrogen and oxygen atoms in total. The lowest BCUT2D eigenvalue weighted by Crippen LogP contribution is -2.06. The van der Waals surface area contributed by atoms with Gasteiger partial charge in [0.15, 0.2) is 5.69 Å². The maximum Gasteiger partial charge on any atom is 0.359 e. The lowest BCUT2D eigenvalue weighted by atomic mass is 10.2. The molecule has 0 unspecified atom stereocenters. The topological polar surface area (TPSA) is 79.9 Å². The van der Waals surface area contributed by atoms with E-state index < -0.39 is 5.97 Å². The van der Waals surface area contributed by atoms with Crippen LogP contribution in [-0.2, 0) is 4.74 Å². The fraction of sp³-hybridized carbons (Fsp3) is 0.364. The van der Waals surface area contributed by atoms with Gasteiger partial charge in [0.1, 0.15) is 5.82 Å². The Morgan fingerprint density at radius 1 is 1.59 bits per heavy atom. The molecule has 0 aliphatic heterocycles. The van der Waals surface area contributed by atoms with Crippen LogP contribution in [0.2, 0.25) is 0 Å². The van der Waals surface area contributed by atoms with Crippen molar-refractivity contribution in [3.8, 4) is 0 Å². The van der Waals surface area contributed by atoms with E-state index in [9.17, 15) is 4.79 Å². The molecule has 6 heteroatoms. The molecule has 0 radical (unpaired) electrons. The summed E-state index contributed by atoms with van der Waals surface area (Å²) in [5.74, 6) is 0.238. The number of anilines is 1. The summed E-state index contributed by atoms with van der Waals surface area (Å²) >= 11 is 0. The molecule has 0 saturated heterocycles. The second-order valence-corrected chi connectivity index (χ2v) is 4.06. The predicted octanol–water partition coefficient (Wildman–Crippen LogP) is 1.32. The zero-order valence-corrected chi connectivity index (χ0v) is 9.36. The summed E-state index contributed by atoms with van der Waals surface area (Å²) in [6.07, 6.45) is 3.97. The maximum atomic E-state index is 11.6. The molecule has 2 N–H and O–H groups in total. The fourth-order valence-corrected chi connectivity index (χ4v) is 1.74. The predicted molar refractivity (Wildman–Crippen MR) is 61.9 cm³/mol. The Kier molecular flexibility index (Phi) is 2.21. The molecular formula is C11H12N4O2. The van der Waals surface area contributed by atoms with Gasteiger partial charge in [-0.2, -0.15) is 5.10 Å². The molecule has 1 saturated carbocycles. The Balaban J connectivity index is 2.12. The minimum Gasteiger partial charge on any atom is -0.464 e. The molecule has 1 aliphatic rings. The van der Waals surface area contributed by atoms with E-state index in [0.717, 1.165) is 18.4 Å². The number of esters is 1. The number of rotatable bonds is 3. The number of fused-ring (bicyclic) bond motifs is 1. The van der Waals surface area contributed by atoms with Crippen LogP contribution >= 0.6 is 0 Å². The van der Waals surface area contributed by atoms with Gasteiger partial charge >= 0.3 is 5.97 Å².